The molecular weight excluding hydrogens is 385 g/mol. The number of carbonyl (C=O) groups is 1. The van der Waals surface area contributed by atoms with E-state index in [4.69, 9.17) is 0 Å². The van der Waals surface area contributed by atoms with Crippen molar-refractivity contribution in [3.63, 3.8) is 0 Å². The second kappa shape index (κ2) is 7.20. The molecule has 1 saturated heterocycles. The zero-order valence-corrected chi connectivity index (χ0v) is 15.6. The highest BCUT2D eigenvalue weighted by atomic mass is 19.4. The Morgan fingerprint density at radius 2 is 1.90 bits per heavy atom. The van der Waals surface area contributed by atoms with Crippen molar-refractivity contribution < 1.29 is 23.1 Å². The molecule has 1 unspecified atom stereocenters. The van der Waals surface area contributed by atoms with Crippen LogP contribution in [0.4, 0.5) is 23.9 Å². The van der Waals surface area contributed by atoms with E-state index in [0.717, 1.165) is 24.2 Å². The molecule has 4 rings (SSSR count). The average molecular weight is 406 g/mol. The fourth-order valence-electron chi connectivity index (χ4n) is 4.21. The number of rotatable bonds is 4. The van der Waals surface area contributed by atoms with Crippen molar-refractivity contribution in [2.75, 3.05) is 18.0 Å². The summed E-state index contributed by atoms with van der Waals surface area (Å²) in [6.07, 6.45) is -2.13. The summed E-state index contributed by atoms with van der Waals surface area (Å²) in [4.78, 5) is 22.7. The lowest BCUT2D eigenvalue weighted by Crippen LogP contribution is -2.41. The quantitative estimate of drug-likeness (QED) is 0.830. The number of benzene rings is 1. The average Bonchev–Trinajstić information content (AvgIpc) is 3.39. The van der Waals surface area contributed by atoms with Gasteiger partial charge in [-0.25, -0.2) is 14.8 Å². The number of hydrogen-bond donors (Lipinski definition) is 1. The van der Waals surface area contributed by atoms with E-state index >= 15 is 0 Å². The van der Waals surface area contributed by atoms with Gasteiger partial charge in [-0.05, 0) is 36.3 Å². The Morgan fingerprint density at radius 1 is 1.21 bits per heavy atom. The molecule has 0 radical (unpaired) electrons. The van der Waals surface area contributed by atoms with Crippen LogP contribution in [0, 0.1) is 5.41 Å². The zero-order valence-electron chi connectivity index (χ0n) is 15.6. The summed E-state index contributed by atoms with van der Waals surface area (Å²) >= 11 is 0. The monoisotopic (exact) mass is 406 g/mol. The van der Waals surface area contributed by atoms with Gasteiger partial charge in [0.15, 0.2) is 0 Å². The maximum absolute atomic E-state index is 12.9. The van der Waals surface area contributed by atoms with E-state index in [0.29, 0.717) is 32.5 Å². The molecule has 29 heavy (non-hydrogen) atoms. The van der Waals surface area contributed by atoms with Crippen LogP contribution in [0.15, 0.2) is 42.6 Å². The van der Waals surface area contributed by atoms with Crippen molar-refractivity contribution in [3.8, 4) is 0 Å². The molecule has 1 spiro atoms. The third-order valence-electron chi connectivity index (χ3n) is 5.94. The Hall–Kier alpha value is -2.84. The number of piperidine rings is 1. The molecule has 9 heteroatoms. The van der Waals surface area contributed by atoms with Gasteiger partial charge in [0.05, 0.1) is 0 Å². The van der Waals surface area contributed by atoms with Crippen LogP contribution in [-0.2, 0) is 12.7 Å². The van der Waals surface area contributed by atoms with Gasteiger partial charge in [-0.3, -0.25) is 0 Å². The standard InChI is InChI=1S/C20H21F3N4O2/c21-20(22,23)15-6-9-24-17(25-15)26-10-7-19(8-11-26)12-16(19)27(18(28)29)13-14-4-2-1-3-5-14/h1-6,9,16H,7-8,10-13H2,(H,28,29). The Labute approximate surface area is 166 Å². The predicted octanol–water partition coefficient (Wildman–Crippen LogP) is 4.03. The van der Waals surface area contributed by atoms with Crippen LogP contribution in [0.2, 0.25) is 0 Å². The molecule has 1 aromatic carbocycles. The van der Waals surface area contributed by atoms with E-state index in [9.17, 15) is 23.1 Å². The molecule has 154 valence electrons. The van der Waals surface area contributed by atoms with Gasteiger partial charge >= 0.3 is 12.3 Å². The number of carboxylic acid groups (broad SMARTS) is 1. The SMILES string of the molecule is O=C(O)N(Cc1ccccc1)C1CC12CCN(c1nccc(C(F)(F)F)n1)CC2. The van der Waals surface area contributed by atoms with E-state index in [1.54, 1.807) is 4.90 Å². The molecule has 2 fully saturated rings. The molecule has 2 aliphatic rings. The third kappa shape index (κ3) is 3.99. The van der Waals surface area contributed by atoms with Crippen LogP contribution in [0.1, 0.15) is 30.5 Å². The highest BCUT2D eigenvalue weighted by Gasteiger charge is 2.59. The predicted molar refractivity (Wildman–Crippen MR) is 99.3 cm³/mol. The van der Waals surface area contributed by atoms with Crippen LogP contribution in [-0.4, -0.2) is 45.2 Å². The van der Waals surface area contributed by atoms with Crippen molar-refractivity contribution in [2.45, 2.75) is 38.0 Å². The Bertz CT molecular complexity index is 883. The second-order valence-corrected chi connectivity index (χ2v) is 7.71. The minimum atomic E-state index is -4.50. The molecule has 1 aliphatic carbocycles. The number of anilines is 1. The van der Waals surface area contributed by atoms with Crippen LogP contribution in [0.3, 0.4) is 0 Å². The van der Waals surface area contributed by atoms with Gasteiger partial charge in [0, 0.05) is 31.9 Å². The van der Waals surface area contributed by atoms with Gasteiger partial charge < -0.3 is 14.9 Å². The van der Waals surface area contributed by atoms with Gasteiger partial charge in [0.2, 0.25) is 5.95 Å². The summed E-state index contributed by atoms with van der Waals surface area (Å²) in [7, 11) is 0. The van der Waals surface area contributed by atoms with Gasteiger partial charge in [-0.1, -0.05) is 30.3 Å². The van der Waals surface area contributed by atoms with Crippen molar-refractivity contribution in [1.29, 1.82) is 0 Å². The number of hydrogen-bond acceptors (Lipinski definition) is 4. The molecule has 2 heterocycles. The Kier molecular flexibility index (Phi) is 4.84. The summed E-state index contributed by atoms with van der Waals surface area (Å²) in [6.45, 7) is 1.36. The molecule has 6 nitrogen and oxygen atoms in total. The molecule has 1 aliphatic heterocycles. The van der Waals surface area contributed by atoms with Crippen LogP contribution in [0.25, 0.3) is 0 Å². The molecule has 1 saturated carbocycles. The molecule has 1 atom stereocenters. The lowest BCUT2D eigenvalue weighted by molar-refractivity contribution is -0.141. The van der Waals surface area contributed by atoms with Gasteiger partial charge in [0.1, 0.15) is 5.69 Å². The summed E-state index contributed by atoms with van der Waals surface area (Å²) in [6, 6.07) is 10.2. The lowest BCUT2D eigenvalue weighted by atomic mass is 9.92. The van der Waals surface area contributed by atoms with Gasteiger partial charge in [-0.2, -0.15) is 13.2 Å². The van der Waals surface area contributed by atoms with Crippen molar-refractivity contribution in [3.05, 3.63) is 53.9 Å². The smallest absolute Gasteiger partial charge is 0.433 e. The topological polar surface area (TPSA) is 69.6 Å². The summed E-state index contributed by atoms with van der Waals surface area (Å²) in [5.74, 6) is 0.0752. The molecule has 0 bridgehead atoms. The minimum Gasteiger partial charge on any atom is -0.465 e. The molecule has 1 aromatic heterocycles. The van der Waals surface area contributed by atoms with Crippen molar-refractivity contribution in [1.82, 2.24) is 14.9 Å². The summed E-state index contributed by atoms with van der Waals surface area (Å²) in [5.41, 5.74) is -0.121. The minimum absolute atomic E-state index is 0.0650. The van der Waals surface area contributed by atoms with E-state index in [-0.39, 0.29) is 17.4 Å². The number of amides is 1. The first kappa shape index (κ1) is 19.5. The fourth-order valence-corrected chi connectivity index (χ4v) is 4.21. The molecule has 1 amide bonds. The Balaban J connectivity index is 1.41. The normalized spacial score (nSPS) is 20.5. The molecule has 1 N–H and O–H groups in total. The number of aromatic nitrogens is 2. The fraction of sp³-hybridized carbons (Fsp3) is 0.450. The largest absolute Gasteiger partial charge is 0.465 e. The van der Waals surface area contributed by atoms with Crippen LogP contribution < -0.4 is 4.90 Å². The first-order valence-corrected chi connectivity index (χ1v) is 9.47. The maximum Gasteiger partial charge on any atom is 0.433 e. The summed E-state index contributed by atoms with van der Waals surface area (Å²) < 4.78 is 38.7. The molecular formula is C20H21F3N4O2. The van der Waals surface area contributed by atoms with E-state index < -0.39 is 18.0 Å². The van der Waals surface area contributed by atoms with E-state index in [1.165, 1.54) is 4.90 Å². The number of halogens is 3. The summed E-state index contributed by atoms with van der Waals surface area (Å²) in [5, 5.41) is 9.68. The number of alkyl halides is 3. The van der Waals surface area contributed by atoms with Crippen LogP contribution >= 0.6 is 0 Å². The highest BCUT2D eigenvalue weighted by molar-refractivity contribution is 5.66. The molecule has 2 aromatic rings. The third-order valence-corrected chi connectivity index (χ3v) is 5.94. The second-order valence-electron chi connectivity index (χ2n) is 7.71. The number of nitrogens with zero attached hydrogens (tertiary/aromatic N) is 4. The van der Waals surface area contributed by atoms with E-state index in [2.05, 4.69) is 9.97 Å². The maximum atomic E-state index is 12.9. The van der Waals surface area contributed by atoms with E-state index in [1.807, 2.05) is 30.3 Å². The highest BCUT2D eigenvalue weighted by Crippen LogP contribution is 2.57. The van der Waals surface area contributed by atoms with Gasteiger partial charge in [0.25, 0.3) is 0 Å². The first-order chi connectivity index (χ1) is 13.8. The lowest BCUT2D eigenvalue weighted by Gasteiger charge is -2.34. The van der Waals surface area contributed by atoms with Gasteiger partial charge in [-0.15, -0.1) is 0 Å². The van der Waals surface area contributed by atoms with Crippen LogP contribution in [0.5, 0.6) is 0 Å². The van der Waals surface area contributed by atoms with Crippen molar-refractivity contribution >= 4 is 12.0 Å². The van der Waals surface area contributed by atoms with Crippen molar-refractivity contribution in [2.24, 2.45) is 5.41 Å². The first-order valence-electron chi connectivity index (χ1n) is 9.47. The zero-order chi connectivity index (χ0) is 20.6. The Morgan fingerprint density at radius 3 is 2.52 bits per heavy atom.